The summed E-state index contributed by atoms with van der Waals surface area (Å²) >= 11 is 0. The molecule has 3 aromatic rings. The minimum atomic E-state index is -0.942. The van der Waals surface area contributed by atoms with Gasteiger partial charge >= 0.3 is 6.03 Å². The smallest absolute Gasteiger partial charge is 0.332 e. The first-order valence-corrected chi connectivity index (χ1v) is 11.8. The molecular weight excluding hydrogens is 458 g/mol. The normalized spacial score (nSPS) is 15.2. The van der Waals surface area contributed by atoms with Gasteiger partial charge in [0.1, 0.15) is 17.5 Å². The molecule has 1 saturated heterocycles. The molecule has 0 spiro atoms. The number of urea groups is 1. The van der Waals surface area contributed by atoms with E-state index < -0.39 is 18.0 Å². The number of carbonyl (C=O) groups excluding carboxylic acids is 3. The third kappa shape index (κ3) is 5.49. The molecule has 1 aliphatic heterocycles. The third-order valence-electron chi connectivity index (χ3n) is 5.92. The van der Waals surface area contributed by atoms with Gasteiger partial charge in [-0.25, -0.2) is 9.69 Å². The SMILES string of the molecule is CCOc1ccc(NC(=O)CC2C(=O)N(c3cccc(C)c3)C(=O)N2Cc2ccc(OC)cc2)cc1. The van der Waals surface area contributed by atoms with Gasteiger partial charge in [-0.3, -0.25) is 9.59 Å². The van der Waals surface area contributed by atoms with Crippen LogP contribution in [0.1, 0.15) is 24.5 Å². The summed E-state index contributed by atoms with van der Waals surface area (Å²) in [6.45, 7) is 4.52. The number of methoxy groups -OCH3 is 1. The molecule has 1 heterocycles. The van der Waals surface area contributed by atoms with Crippen molar-refractivity contribution in [1.82, 2.24) is 4.90 Å². The maximum atomic E-state index is 13.5. The summed E-state index contributed by atoms with van der Waals surface area (Å²) in [5, 5.41) is 2.82. The highest BCUT2D eigenvalue weighted by molar-refractivity contribution is 6.22. The van der Waals surface area contributed by atoms with Gasteiger partial charge in [0.25, 0.3) is 5.91 Å². The van der Waals surface area contributed by atoms with Crippen LogP contribution >= 0.6 is 0 Å². The topological polar surface area (TPSA) is 88.2 Å². The fourth-order valence-corrected chi connectivity index (χ4v) is 4.13. The summed E-state index contributed by atoms with van der Waals surface area (Å²) < 4.78 is 10.6. The number of hydrogen-bond donors (Lipinski definition) is 1. The second kappa shape index (κ2) is 10.9. The monoisotopic (exact) mass is 487 g/mol. The van der Waals surface area contributed by atoms with Crippen LogP contribution in [0.25, 0.3) is 0 Å². The van der Waals surface area contributed by atoms with Crippen molar-refractivity contribution in [3.05, 3.63) is 83.9 Å². The van der Waals surface area contributed by atoms with E-state index in [0.717, 1.165) is 16.0 Å². The van der Waals surface area contributed by atoms with Crippen molar-refractivity contribution in [2.75, 3.05) is 23.9 Å². The van der Waals surface area contributed by atoms with Gasteiger partial charge < -0.3 is 19.7 Å². The maximum absolute atomic E-state index is 13.5. The third-order valence-corrected chi connectivity index (χ3v) is 5.92. The van der Waals surface area contributed by atoms with E-state index in [2.05, 4.69) is 5.32 Å². The van der Waals surface area contributed by atoms with Crippen LogP contribution in [-0.2, 0) is 16.1 Å². The fraction of sp³-hybridized carbons (Fsp3) is 0.250. The van der Waals surface area contributed by atoms with Crippen molar-refractivity contribution in [2.45, 2.75) is 32.9 Å². The first-order chi connectivity index (χ1) is 17.4. The minimum absolute atomic E-state index is 0.170. The first-order valence-electron chi connectivity index (χ1n) is 11.8. The summed E-state index contributed by atoms with van der Waals surface area (Å²) in [4.78, 5) is 42.5. The Hall–Kier alpha value is -4.33. The predicted molar refractivity (Wildman–Crippen MR) is 137 cm³/mol. The Balaban J connectivity index is 1.56. The molecule has 0 radical (unpaired) electrons. The van der Waals surface area contributed by atoms with Gasteiger partial charge in [0.05, 0.1) is 25.8 Å². The molecule has 186 valence electrons. The highest BCUT2D eigenvalue weighted by atomic mass is 16.5. The molecule has 1 atom stereocenters. The van der Waals surface area contributed by atoms with Gasteiger partial charge in [0, 0.05) is 12.2 Å². The first kappa shape index (κ1) is 24.8. The lowest BCUT2D eigenvalue weighted by Crippen LogP contribution is -2.37. The van der Waals surface area contributed by atoms with Crippen LogP contribution in [0.3, 0.4) is 0 Å². The standard InChI is InChI=1S/C28H29N3O5/c1-4-36-24-14-10-21(11-15-24)29-26(32)17-25-27(33)31(22-7-5-6-19(2)16-22)28(34)30(25)18-20-8-12-23(35-3)13-9-20/h5-16,25H,4,17-18H2,1-3H3,(H,29,32). The van der Waals surface area contributed by atoms with Gasteiger partial charge in [0.2, 0.25) is 5.91 Å². The summed E-state index contributed by atoms with van der Waals surface area (Å²) in [6.07, 6.45) is -0.170. The Morgan fingerprint density at radius 2 is 1.67 bits per heavy atom. The molecule has 0 aromatic heterocycles. The molecule has 1 fully saturated rings. The number of benzene rings is 3. The van der Waals surface area contributed by atoms with E-state index in [1.165, 1.54) is 4.90 Å². The zero-order valence-corrected chi connectivity index (χ0v) is 20.6. The van der Waals surface area contributed by atoms with E-state index in [1.807, 2.05) is 32.0 Å². The molecule has 8 nitrogen and oxygen atoms in total. The van der Waals surface area contributed by atoms with Crippen LogP contribution in [-0.4, -0.2) is 42.5 Å². The van der Waals surface area contributed by atoms with Crippen LogP contribution in [0, 0.1) is 6.92 Å². The van der Waals surface area contributed by atoms with Crippen LogP contribution in [0.15, 0.2) is 72.8 Å². The van der Waals surface area contributed by atoms with Crippen molar-refractivity contribution in [2.24, 2.45) is 0 Å². The number of amides is 4. The number of nitrogens with zero attached hydrogens (tertiary/aromatic N) is 2. The molecule has 1 aliphatic rings. The number of carbonyl (C=O) groups is 3. The van der Waals surface area contributed by atoms with Crippen LogP contribution in [0.2, 0.25) is 0 Å². The largest absolute Gasteiger partial charge is 0.497 e. The Morgan fingerprint density at radius 1 is 0.972 bits per heavy atom. The average molecular weight is 488 g/mol. The average Bonchev–Trinajstić information content (AvgIpc) is 3.09. The van der Waals surface area contributed by atoms with Crippen LogP contribution < -0.4 is 19.7 Å². The van der Waals surface area contributed by atoms with E-state index >= 15 is 0 Å². The minimum Gasteiger partial charge on any atom is -0.497 e. The molecule has 1 N–H and O–H groups in total. The fourth-order valence-electron chi connectivity index (χ4n) is 4.13. The second-order valence-electron chi connectivity index (χ2n) is 8.50. The lowest BCUT2D eigenvalue weighted by molar-refractivity contribution is -0.124. The number of anilines is 2. The van der Waals surface area contributed by atoms with Gasteiger partial charge in [-0.15, -0.1) is 0 Å². The summed E-state index contributed by atoms with van der Waals surface area (Å²) in [7, 11) is 1.58. The molecule has 8 heteroatoms. The zero-order chi connectivity index (χ0) is 25.7. The number of rotatable bonds is 9. The van der Waals surface area contributed by atoms with E-state index in [1.54, 1.807) is 61.7 Å². The lowest BCUT2D eigenvalue weighted by Gasteiger charge is -2.22. The molecule has 36 heavy (non-hydrogen) atoms. The van der Waals surface area contributed by atoms with E-state index in [-0.39, 0.29) is 18.9 Å². The van der Waals surface area contributed by atoms with Crippen molar-refractivity contribution in [3.63, 3.8) is 0 Å². The number of nitrogens with one attached hydrogen (secondary N) is 1. The highest BCUT2D eigenvalue weighted by Gasteiger charge is 2.46. The quantitative estimate of drug-likeness (QED) is 0.440. The number of imide groups is 1. The summed E-state index contributed by atoms with van der Waals surface area (Å²) in [6, 6.07) is 20.0. The second-order valence-corrected chi connectivity index (χ2v) is 8.50. The Bertz CT molecular complexity index is 1240. The molecular formula is C28H29N3O5. The molecule has 0 bridgehead atoms. The number of aryl methyl sites for hydroxylation is 1. The van der Waals surface area contributed by atoms with E-state index in [0.29, 0.717) is 29.5 Å². The molecule has 0 aliphatic carbocycles. The van der Waals surface area contributed by atoms with Crippen LogP contribution in [0.4, 0.5) is 16.2 Å². The van der Waals surface area contributed by atoms with Gasteiger partial charge in [0.15, 0.2) is 0 Å². The molecule has 4 rings (SSSR count). The molecule has 3 aromatic carbocycles. The van der Waals surface area contributed by atoms with Crippen molar-refractivity contribution in [3.8, 4) is 11.5 Å². The Morgan fingerprint density at radius 3 is 2.31 bits per heavy atom. The van der Waals surface area contributed by atoms with Gasteiger partial charge in [-0.2, -0.15) is 0 Å². The Kier molecular flexibility index (Phi) is 7.53. The number of hydrogen-bond acceptors (Lipinski definition) is 5. The van der Waals surface area contributed by atoms with Crippen molar-refractivity contribution >= 4 is 29.2 Å². The van der Waals surface area contributed by atoms with Crippen molar-refractivity contribution < 1.29 is 23.9 Å². The lowest BCUT2D eigenvalue weighted by atomic mass is 10.1. The Labute approximate surface area is 210 Å². The molecule has 0 saturated carbocycles. The van der Waals surface area contributed by atoms with E-state index in [4.69, 9.17) is 9.47 Å². The van der Waals surface area contributed by atoms with Gasteiger partial charge in [-0.1, -0.05) is 24.3 Å². The number of ether oxygens (including phenoxy) is 2. The summed E-state index contributed by atoms with van der Waals surface area (Å²) in [5.41, 5.74) is 2.81. The summed E-state index contributed by atoms with van der Waals surface area (Å²) in [5.74, 6) is 0.596. The van der Waals surface area contributed by atoms with E-state index in [9.17, 15) is 14.4 Å². The molecule has 1 unspecified atom stereocenters. The maximum Gasteiger partial charge on any atom is 0.332 e. The van der Waals surface area contributed by atoms with Gasteiger partial charge in [-0.05, 0) is 73.5 Å². The highest BCUT2D eigenvalue weighted by Crippen LogP contribution is 2.29. The molecule has 4 amide bonds. The predicted octanol–water partition coefficient (Wildman–Crippen LogP) is 4.77. The van der Waals surface area contributed by atoms with Crippen LogP contribution in [0.5, 0.6) is 11.5 Å². The zero-order valence-electron chi connectivity index (χ0n) is 20.6. The van der Waals surface area contributed by atoms with Crippen molar-refractivity contribution in [1.29, 1.82) is 0 Å².